The highest BCUT2D eigenvalue weighted by Crippen LogP contribution is 2.30. The Balaban J connectivity index is 1.60. The summed E-state index contributed by atoms with van der Waals surface area (Å²) in [4.78, 5) is 52.9. The summed E-state index contributed by atoms with van der Waals surface area (Å²) in [6, 6.07) is 4.42. The predicted molar refractivity (Wildman–Crippen MR) is 98.4 cm³/mol. The van der Waals surface area contributed by atoms with Gasteiger partial charge in [0.1, 0.15) is 6.04 Å². The normalized spacial score (nSPS) is 27.6. The lowest BCUT2D eigenvalue weighted by molar-refractivity contribution is -0.136. The highest BCUT2D eigenvalue weighted by molar-refractivity contribution is 6.07. The summed E-state index contributed by atoms with van der Waals surface area (Å²) < 4.78 is 5.70. The van der Waals surface area contributed by atoms with Crippen LogP contribution < -0.4 is 5.32 Å². The first-order valence-electron chi connectivity index (χ1n) is 9.56. The van der Waals surface area contributed by atoms with E-state index in [0.29, 0.717) is 36.2 Å². The molecule has 3 heterocycles. The van der Waals surface area contributed by atoms with E-state index in [0.717, 1.165) is 0 Å². The third-order valence-electron chi connectivity index (χ3n) is 5.52. The molecule has 148 valence electrons. The number of piperidine rings is 1. The molecule has 3 aliphatic heterocycles. The van der Waals surface area contributed by atoms with Gasteiger partial charge in [0.05, 0.1) is 12.2 Å². The Morgan fingerprint density at radius 1 is 1.14 bits per heavy atom. The van der Waals surface area contributed by atoms with Crippen molar-refractivity contribution < 1.29 is 23.9 Å². The Morgan fingerprint density at radius 2 is 1.86 bits per heavy atom. The number of nitrogens with zero attached hydrogens (tertiary/aromatic N) is 2. The molecule has 2 fully saturated rings. The van der Waals surface area contributed by atoms with Gasteiger partial charge in [-0.3, -0.25) is 24.5 Å². The van der Waals surface area contributed by atoms with Gasteiger partial charge in [0.15, 0.2) is 0 Å². The van der Waals surface area contributed by atoms with Gasteiger partial charge < -0.3 is 14.5 Å². The minimum absolute atomic E-state index is 0.0499. The number of ether oxygens (including phenoxy) is 1. The van der Waals surface area contributed by atoms with Crippen molar-refractivity contribution in [3.05, 3.63) is 34.9 Å². The number of amides is 4. The van der Waals surface area contributed by atoms with Gasteiger partial charge in [-0.1, -0.05) is 6.07 Å². The standard InChI is InChI=1S/C20H23N3O5/c1-11-8-22(9-12(2)28-11)19(26)13-4-3-5-14-15(13)10-23(20(14)27)16-6-7-17(24)21-18(16)25/h3-5,11-12,16H,6-10H2,1-2H3,(H,21,24,25)/t11-,12+,16?. The molecule has 2 saturated heterocycles. The molecular formula is C20H23N3O5. The summed E-state index contributed by atoms with van der Waals surface area (Å²) in [6.45, 7) is 5.05. The number of rotatable bonds is 2. The Morgan fingerprint density at radius 3 is 2.54 bits per heavy atom. The second-order valence-electron chi connectivity index (χ2n) is 7.70. The van der Waals surface area contributed by atoms with Gasteiger partial charge >= 0.3 is 0 Å². The average molecular weight is 385 g/mol. The molecule has 8 heteroatoms. The zero-order valence-electron chi connectivity index (χ0n) is 15.9. The Bertz CT molecular complexity index is 857. The number of morpholine rings is 1. The lowest BCUT2D eigenvalue weighted by atomic mass is 10.0. The molecule has 0 spiro atoms. The molecule has 1 N–H and O–H groups in total. The second kappa shape index (κ2) is 7.01. The van der Waals surface area contributed by atoms with Gasteiger partial charge in [-0.25, -0.2) is 0 Å². The van der Waals surface area contributed by atoms with Crippen molar-refractivity contribution in [1.82, 2.24) is 15.1 Å². The fraction of sp³-hybridized carbons (Fsp3) is 0.500. The van der Waals surface area contributed by atoms with E-state index in [1.54, 1.807) is 23.1 Å². The molecule has 28 heavy (non-hydrogen) atoms. The Hall–Kier alpha value is -2.74. The van der Waals surface area contributed by atoms with Crippen LogP contribution in [0.3, 0.4) is 0 Å². The number of hydrogen-bond acceptors (Lipinski definition) is 5. The second-order valence-corrected chi connectivity index (χ2v) is 7.70. The number of nitrogens with one attached hydrogen (secondary N) is 1. The lowest BCUT2D eigenvalue weighted by Gasteiger charge is -2.35. The Labute approximate surface area is 162 Å². The maximum Gasteiger partial charge on any atom is 0.255 e. The number of imide groups is 1. The molecule has 3 atom stereocenters. The van der Waals surface area contributed by atoms with Gasteiger partial charge in [-0.2, -0.15) is 0 Å². The van der Waals surface area contributed by atoms with E-state index in [4.69, 9.17) is 4.74 Å². The summed E-state index contributed by atoms with van der Waals surface area (Å²) in [7, 11) is 0. The summed E-state index contributed by atoms with van der Waals surface area (Å²) >= 11 is 0. The summed E-state index contributed by atoms with van der Waals surface area (Å²) in [5.41, 5.74) is 1.58. The number of carbonyl (C=O) groups excluding carboxylic acids is 4. The van der Waals surface area contributed by atoms with Crippen molar-refractivity contribution in [2.24, 2.45) is 0 Å². The van der Waals surface area contributed by atoms with Gasteiger partial charge in [0.25, 0.3) is 11.8 Å². The minimum Gasteiger partial charge on any atom is -0.372 e. The fourth-order valence-electron chi connectivity index (χ4n) is 4.30. The topological polar surface area (TPSA) is 96.0 Å². The van der Waals surface area contributed by atoms with Crippen LogP contribution in [-0.2, 0) is 20.9 Å². The van der Waals surface area contributed by atoms with Crippen LogP contribution in [0.5, 0.6) is 0 Å². The SMILES string of the molecule is C[C@@H]1CN(C(=O)c2cccc3c2CN(C2CCC(=O)NC2=O)C3=O)C[C@H](C)O1. The first-order valence-corrected chi connectivity index (χ1v) is 9.56. The molecule has 1 aromatic carbocycles. The van der Waals surface area contributed by atoms with Gasteiger partial charge in [0.2, 0.25) is 11.8 Å². The van der Waals surface area contributed by atoms with E-state index < -0.39 is 11.9 Å². The van der Waals surface area contributed by atoms with Crippen LogP contribution in [0.2, 0.25) is 0 Å². The highest BCUT2D eigenvalue weighted by Gasteiger charge is 2.41. The number of carbonyl (C=O) groups is 4. The number of benzene rings is 1. The molecule has 3 aliphatic rings. The van der Waals surface area contributed by atoms with E-state index in [9.17, 15) is 19.2 Å². The summed E-state index contributed by atoms with van der Waals surface area (Å²) in [6.07, 6.45) is 0.398. The molecule has 0 aliphatic carbocycles. The zero-order chi connectivity index (χ0) is 20.0. The van der Waals surface area contributed by atoms with E-state index in [1.165, 1.54) is 4.90 Å². The minimum atomic E-state index is -0.691. The van der Waals surface area contributed by atoms with Crippen molar-refractivity contribution in [3.8, 4) is 0 Å². The monoisotopic (exact) mass is 385 g/mol. The average Bonchev–Trinajstić information content (AvgIpc) is 2.97. The molecule has 0 saturated carbocycles. The molecule has 4 rings (SSSR count). The van der Waals surface area contributed by atoms with E-state index >= 15 is 0 Å². The first-order chi connectivity index (χ1) is 13.3. The third kappa shape index (κ3) is 3.17. The first kappa shape index (κ1) is 18.6. The summed E-state index contributed by atoms with van der Waals surface area (Å²) in [5, 5.41) is 2.29. The number of hydrogen-bond donors (Lipinski definition) is 1. The smallest absolute Gasteiger partial charge is 0.255 e. The van der Waals surface area contributed by atoms with E-state index in [2.05, 4.69) is 5.32 Å². The largest absolute Gasteiger partial charge is 0.372 e. The lowest BCUT2D eigenvalue weighted by Crippen LogP contribution is -2.52. The molecule has 1 unspecified atom stereocenters. The molecular weight excluding hydrogens is 362 g/mol. The third-order valence-corrected chi connectivity index (χ3v) is 5.52. The van der Waals surface area contributed by atoms with Crippen LogP contribution in [0.15, 0.2) is 18.2 Å². The molecule has 0 aromatic heterocycles. The quantitative estimate of drug-likeness (QED) is 0.756. The molecule has 4 amide bonds. The van der Waals surface area contributed by atoms with Crippen LogP contribution in [0, 0.1) is 0 Å². The predicted octanol–water partition coefficient (Wildman–Crippen LogP) is 0.697. The van der Waals surface area contributed by atoms with E-state index in [1.807, 2.05) is 13.8 Å². The van der Waals surface area contributed by atoms with Crippen molar-refractivity contribution >= 4 is 23.6 Å². The van der Waals surface area contributed by atoms with Crippen LogP contribution in [0.1, 0.15) is 53.0 Å². The van der Waals surface area contributed by atoms with Crippen LogP contribution >= 0.6 is 0 Å². The molecule has 0 bridgehead atoms. The highest BCUT2D eigenvalue weighted by atomic mass is 16.5. The van der Waals surface area contributed by atoms with Gasteiger partial charge in [-0.05, 0) is 38.0 Å². The maximum absolute atomic E-state index is 13.2. The summed E-state index contributed by atoms with van der Waals surface area (Å²) in [5.74, 6) is -1.18. The Kier molecular flexibility index (Phi) is 4.66. The van der Waals surface area contributed by atoms with Crippen molar-refractivity contribution in [3.63, 3.8) is 0 Å². The van der Waals surface area contributed by atoms with Crippen molar-refractivity contribution in [2.75, 3.05) is 13.1 Å². The van der Waals surface area contributed by atoms with Crippen LogP contribution in [0.25, 0.3) is 0 Å². The molecule has 1 aromatic rings. The van der Waals surface area contributed by atoms with Crippen molar-refractivity contribution in [1.29, 1.82) is 0 Å². The number of fused-ring (bicyclic) bond motifs is 1. The fourth-order valence-corrected chi connectivity index (χ4v) is 4.30. The van der Waals surface area contributed by atoms with Crippen LogP contribution in [0.4, 0.5) is 0 Å². The van der Waals surface area contributed by atoms with Crippen LogP contribution in [-0.4, -0.2) is 64.8 Å². The molecule has 0 radical (unpaired) electrons. The van der Waals surface area contributed by atoms with Gasteiger partial charge in [-0.15, -0.1) is 0 Å². The zero-order valence-corrected chi connectivity index (χ0v) is 15.9. The van der Waals surface area contributed by atoms with E-state index in [-0.39, 0.29) is 42.9 Å². The van der Waals surface area contributed by atoms with Crippen molar-refractivity contribution in [2.45, 2.75) is 51.5 Å². The molecule has 8 nitrogen and oxygen atoms in total. The van der Waals surface area contributed by atoms with Gasteiger partial charge in [0, 0.05) is 37.2 Å². The maximum atomic E-state index is 13.2.